The van der Waals surface area contributed by atoms with Crippen LogP contribution in [-0.4, -0.2) is 31.1 Å². The number of halogens is 3. The van der Waals surface area contributed by atoms with Crippen LogP contribution in [0.2, 0.25) is 0 Å². The number of fused-ring (bicyclic) bond motifs is 1. The minimum Gasteiger partial charge on any atom is -0.497 e. The SMILES string of the molecule is COc1ccc2ccn(CCCOCC(F)(F)F)c(=O)c2c1. The van der Waals surface area contributed by atoms with E-state index in [0.717, 1.165) is 5.39 Å². The molecule has 1 aromatic carbocycles. The van der Waals surface area contributed by atoms with E-state index in [2.05, 4.69) is 4.74 Å². The second kappa shape index (κ2) is 6.83. The summed E-state index contributed by atoms with van der Waals surface area (Å²) in [6.07, 6.45) is -2.37. The predicted octanol–water partition coefficient (Wildman–Crippen LogP) is 2.98. The molecule has 0 N–H and O–H groups in total. The second-order valence-electron chi connectivity index (χ2n) is 4.79. The summed E-state index contributed by atoms with van der Waals surface area (Å²) in [5.74, 6) is 0.580. The van der Waals surface area contributed by atoms with Crippen molar-refractivity contribution in [1.29, 1.82) is 0 Å². The van der Waals surface area contributed by atoms with Gasteiger partial charge in [0.25, 0.3) is 5.56 Å². The number of hydrogen-bond acceptors (Lipinski definition) is 3. The van der Waals surface area contributed by atoms with Crippen LogP contribution in [0, 0.1) is 0 Å². The molecule has 0 aliphatic carbocycles. The molecule has 0 spiro atoms. The molecule has 1 aromatic heterocycles. The molecule has 22 heavy (non-hydrogen) atoms. The topological polar surface area (TPSA) is 40.5 Å². The minimum absolute atomic E-state index is 0.0535. The fourth-order valence-corrected chi connectivity index (χ4v) is 2.09. The number of methoxy groups -OCH3 is 1. The van der Waals surface area contributed by atoms with E-state index < -0.39 is 12.8 Å². The van der Waals surface area contributed by atoms with Crippen LogP contribution in [0.25, 0.3) is 10.8 Å². The molecular weight excluding hydrogens is 299 g/mol. The van der Waals surface area contributed by atoms with Gasteiger partial charge in [-0.2, -0.15) is 13.2 Å². The van der Waals surface area contributed by atoms with E-state index in [1.54, 1.807) is 30.5 Å². The molecule has 7 heteroatoms. The van der Waals surface area contributed by atoms with E-state index in [-0.39, 0.29) is 12.2 Å². The summed E-state index contributed by atoms with van der Waals surface area (Å²) in [5.41, 5.74) is -0.202. The Balaban J connectivity index is 2.03. The number of ether oxygens (including phenoxy) is 2. The van der Waals surface area contributed by atoms with E-state index in [1.807, 2.05) is 0 Å². The van der Waals surface area contributed by atoms with Gasteiger partial charge in [-0.25, -0.2) is 0 Å². The van der Waals surface area contributed by atoms with Crippen molar-refractivity contribution in [1.82, 2.24) is 4.57 Å². The van der Waals surface area contributed by atoms with Crippen LogP contribution >= 0.6 is 0 Å². The average Bonchev–Trinajstić information content (AvgIpc) is 2.47. The van der Waals surface area contributed by atoms with Crippen molar-refractivity contribution < 1.29 is 22.6 Å². The van der Waals surface area contributed by atoms with Gasteiger partial charge in [0.05, 0.1) is 12.5 Å². The molecule has 0 bridgehead atoms. The van der Waals surface area contributed by atoms with Crippen LogP contribution in [0.1, 0.15) is 6.42 Å². The third-order valence-corrected chi connectivity index (χ3v) is 3.14. The summed E-state index contributed by atoms with van der Waals surface area (Å²) in [6, 6.07) is 6.98. The van der Waals surface area contributed by atoms with Crippen molar-refractivity contribution in [2.45, 2.75) is 19.1 Å². The highest BCUT2D eigenvalue weighted by atomic mass is 19.4. The van der Waals surface area contributed by atoms with Gasteiger partial charge in [0, 0.05) is 19.3 Å². The lowest BCUT2D eigenvalue weighted by molar-refractivity contribution is -0.174. The zero-order chi connectivity index (χ0) is 16.2. The van der Waals surface area contributed by atoms with E-state index in [0.29, 0.717) is 24.1 Å². The van der Waals surface area contributed by atoms with Gasteiger partial charge in [0.2, 0.25) is 0 Å². The highest BCUT2D eigenvalue weighted by Gasteiger charge is 2.27. The molecule has 1 heterocycles. The quantitative estimate of drug-likeness (QED) is 0.770. The third kappa shape index (κ3) is 4.24. The number of hydrogen-bond donors (Lipinski definition) is 0. The van der Waals surface area contributed by atoms with Gasteiger partial charge < -0.3 is 14.0 Å². The van der Waals surface area contributed by atoms with Crippen molar-refractivity contribution in [2.75, 3.05) is 20.3 Å². The van der Waals surface area contributed by atoms with E-state index >= 15 is 0 Å². The smallest absolute Gasteiger partial charge is 0.411 e. The second-order valence-corrected chi connectivity index (χ2v) is 4.79. The Bertz CT molecular complexity index is 694. The van der Waals surface area contributed by atoms with E-state index in [9.17, 15) is 18.0 Å². The molecule has 0 saturated carbocycles. The summed E-state index contributed by atoms with van der Waals surface area (Å²) < 4.78 is 46.8. The van der Waals surface area contributed by atoms with Crippen LogP contribution in [0.5, 0.6) is 5.75 Å². The third-order valence-electron chi connectivity index (χ3n) is 3.14. The normalized spacial score (nSPS) is 11.8. The van der Waals surface area contributed by atoms with Crippen LogP contribution in [0.15, 0.2) is 35.3 Å². The summed E-state index contributed by atoms with van der Waals surface area (Å²) in [6.45, 7) is -1.03. The van der Waals surface area contributed by atoms with E-state index in [1.165, 1.54) is 11.7 Å². The summed E-state index contributed by atoms with van der Waals surface area (Å²) in [5, 5.41) is 1.30. The van der Waals surface area contributed by atoms with Crippen LogP contribution in [0.4, 0.5) is 13.2 Å². The first kappa shape index (κ1) is 16.4. The first-order chi connectivity index (χ1) is 10.4. The Morgan fingerprint density at radius 2 is 2.00 bits per heavy atom. The zero-order valence-corrected chi connectivity index (χ0v) is 12.0. The van der Waals surface area contributed by atoms with Gasteiger partial charge in [0.1, 0.15) is 12.4 Å². The summed E-state index contributed by atoms with van der Waals surface area (Å²) in [4.78, 5) is 12.3. The van der Waals surface area contributed by atoms with Crippen molar-refractivity contribution >= 4 is 10.8 Å². The Hall–Kier alpha value is -2.02. The molecule has 0 atom stereocenters. The lowest BCUT2D eigenvalue weighted by Crippen LogP contribution is -2.21. The molecule has 0 aliphatic rings. The largest absolute Gasteiger partial charge is 0.497 e. The molecule has 2 rings (SSSR count). The number of benzene rings is 1. The van der Waals surface area contributed by atoms with Crippen molar-refractivity contribution in [2.24, 2.45) is 0 Å². The average molecular weight is 315 g/mol. The predicted molar refractivity (Wildman–Crippen MR) is 76.3 cm³/mol. The molecule has 120 valence electrons. The van der Waals surface area contributed by atoms with Crippen LogP contribution in [0.3, 0.4) is 0 Å². The van der Waals surface area contributed by atoms with Crippen molar-refractivity contribution in [3.05, 3.63) is 40.8 Å². The lowest BCUT2D eigenvalue weighted by atomic mass is 10.1. The Labute approximate surface area is 125 Å². The molecule has 0 unspecified atom stereocenters. The maximum absolute atomic E-state index is 12.3. The summed E-state index contributed by atoms with van der Waals surface area (Å²) >= 11 is 0. The Morgan fingerprint density at radius 3 is 2.68 bits per heavy atom. The monoisotopic (exact) mass is 315 g/mol. The van der Waals surface area contributed by atoms with Gasteiger partial charge in [-0.3, -0.25) is 4.79 Å². The van der Waals surface area contributed by atoms with Gasteiger partial charge in [-0.1, -0.05) is 6.07 Å². The number of aryl methyl sites for hydroxylation is 1. The minimum atomic E-state index is -4.32. The highest BCUT2D eigenvalue weighted by Crippen LogP contribution is 2.17. The number of alkyl halides is 3. The lowest BCUT2D eigenvalue weighted by Gasteiger charge is -2.10. The molecule has 2 aromatic rings. The highest BCUT2D eigenvalue weighted by molar-refractivity contribution is 5.82. The van der Waals surface area contributed by atoms with Crippen molar-refractivity contribution in [3.8, 4) is 5.75 Å². The van der Waals surface area contributed by atoms with Crippen LogP contribution in [-0.2, 0) is 11.3 Å². The Kier molecular flexibility index (Phi) is 5.07. The molecule has 0 aliphatic heterocycles. The standard InChI is InChI=1S/C15H16F3NO3/c1-21-12-4-3-11-5-7-19(14(20)13(11)9-12)6-2-8-22-10-15(16,17)18/h3-5,7,9H,2,6,8,10H2,1H3. The molecule has 4 nitrogen and oxygen atoms in total. The van der Waals surface area contributed by atoms with E-state index in [4.69, 9.17) is 4.74 Å². The van der Waals surface area contributed by atoms with Gasteiger partial charge in [0.15, 0.2) is 0 Å². The number of nitrogens with zero attached hydrogens (tertiary/aromatic N) is 1. The maximum atomic E-state index is 12.3. The van der Waals surface area contributed by atoms with Gasteiger partial charge >= 0.3 is 6.18 Å². The van der Waals surface area contributed by atoms with Crippen molar-refractivity contribution in [3.63, 3.8) is 0 Å². The first-order valence-corrected chi connectivity index (χ1v) is 6.72. The van der Waals surface area contributed by atoms with Crippen LogP contribution < -0.4 is 10.3 Å². The fraction of sp³-hybridized carbons (Fsp3) is 0.400. The summed E-state index contributed by atoms with van der Waals surface area (Å²) in [7, 11) is 1.51. The maximum Gasteiger partial charge on any atom is 0.411 e. The molecule has 0 saturated heterocycles. The zero-order valence-electron chi connectivity index (χ0n) is 12.0. The Morgan fingerprint density at radius 1 is 1.23 bits per heavy atom. The van der Waals surface area contributed by atoms with Gasteiger partial charge in [-0.05, 0) is 30.0 Å². The fourth-order valence-electron chi connectivity index (χ4n) is 2.09. The number of rotatable bonds is 6. The molecule has 0 amide bonds. The van der Waals surface area contributed by atoms with Gasteiger partial charge in [-0.15, -0.1) is 0 Å². The number of pyridine rings is 1. The molecular formula is C15H16F3NO3. The first-order valence-electron chi connectivity index (χ1n) is 6.72. The molecule has 0 fully saturated rings. The number of aromatic nitrogens is 1. The molecule has 0 radical (unpaired) electrons.